The third kappa shape index (κ3) is 2.52. The van der Waals surface area contributed by atoms with E-state index >= 15 is 0 Å². The maximum absolute atomic E-state index is 13.6. The van der Waals surface area contributed by atoms with Crippen LogP contribution in [0.4, 0.5) is 19.0 Å². The Morgan fingerprint density at radius 3 is 1.89 bits per heavy atom. The number of fused-ring (bicyclic) bond motifs is 1. The molecule has 0 aliphatic carbocycles. The van der Waals surface area contributed by atoms with Crippen LogP contribution in [-0.2, 0) is 13.2 Å². The predicted octanol–water partition coefficient (Wildman–Crippen LogP) is 3.91. The first-order valence-electron chi connectivity index (χ1n) is 7.98. The van der Waals surface area contributed by atoms with E-state index in [1.165, 1.54) is 31.3 Å². The topological polar surface area (TPSA) is 55.2 Å². The van der Waals surface area contributed by atoms with E-state index < -0.39 is 23.7 Å². The van der Waals surface area contributed by atoms with Crippen LogP contribution in [0, 0.1) is 0 Å². The molecule has 2 aromatic carbocycles. The first-order valence-corrected chi connectivity index (χ1v) is 7.98. The summed E-state index contributed by atoms with van der Waals surface area (Å²) < 4.78 is 41.7. The molecule has 0 N–H and O–H groups in total. The van der Waals surface area contributed by atoms with Crippen LogP contribution in [0.5, 0.6) is 0 Å². The maximum Gasteiger partial charge on any atom is 0.435 e. The number of carbonyl (C=O) groups excluding carboxylic acids is 2. The van der Waals surface area contributed by atoms with E-state index in [0.717, 1.165) is 9.58 Å². The van der Waals surface area contributed by atoms with Crippen LogP contribution in [0.2, 0.25) is 0 Å². The van der Waals surface area contributed by atoms with Gasteiger partial charge in [0.05, 0.1) is 16.7 Å². The number of amides is 2. The lowest BCUT2D eigenvalue weighted by atomic mass is 10.0. The summed E-state index contributed by atoms with van der Waals surface area (Å²) in [5, 5.41) is 3.58. The maximum atomic E-state index is 13.6. The molecule has 136 valence electrons. The van der Waals surface area contributed by atoms with Crippen molar-refractivity contribution in [2.24, 2.45) is 7.05 Å². The minimum Gasteiger partial charge on any atom is -0.268 e. The number of benzene rings is 2. The Morgan fingerprint density at radius 2 is 1.37 bits per heavy atom. The predicted molar refractivity (Wildman–Crippen MR) is 91.2 cm³/mol. The van der Waals surface area contributed by atoms with Gasteiger partial charge in [0, 0.05) is 7.05 Å². The zero-order valence-corrected chi connectivity index (χ0v) is 14.0. The number of imide groups is 1. The Hall–Kier alpha value is -3.42. The molecule has 0 saturated carbocycles. The number of anilines is 1. The second kappa shape index (κ2) is 5.80. The third-order valence-corrected chi connectivity index (χ3v) is 4.35. The normalized spacial score (nSPS) is 14.0. The summed E-state index contributed by atoms with van der Waals surface area (Å²) in [5.41, 5.74) is -0.945. The van der Waals surface area contributed by atoms with Gasteiger partial charge in [0.2, 0.25) is 0 Å². The minimum absolute atomic E-state index is 0.149. The van der Waals surface area contributed by atoms with Gasteiger partial charge in [-0.3, -0.25) is 14.3 Å². The Morgan fingerprint density at radius 1 is 0.852 bits per heavy atom. The smallest absolute Gasteiger partial charge is 0.268 e. The number of hydrogen-bond donors (Lipinski definition) is 0. The Bertz CT molecular complexity index is 1040. The second-order valence-electron chi connectivity index (χ2n) is 6.03. The molecule has 1 aliphatic rings. The summed E-state index contributed by atoms with van der Waals surface area (Å²) in [6.45, 7) is 0. The van der Waals surface area contributed by atoms with Crippen molar-refractivity contribution < 1.29 is 22.8 Å². The quantitative estimate of drug-likeness (QED) is 0.642. The average molecular weight is 371 g/mol. The van der Waals surface area contributed by atoms with Gasteiger partial charge < -0.3 is 0 Å². The first kappa shape index (κ1) is 17.0. The highest BCUT2D eigenvalue weighted by Gasteiger charge is 2.45. The fourth-order valence-corrected chi connectivity index (χ4v) is 3.22. The van der Waals surface area contributed by atoms with Crippen LogP contribution >= 0.6 is 0 Å². The number of rotatable bonds is 2. The molecular formula is C19H12F3N3O2. The lowest BCUT2D eigenvalue weighted by Gasteiger charge is -2.17. The van der Waals surface area contributed by atoms with Gasteiger partial charge in [0.25, 0.3) is 11.8 Å². The Kier molecular flexibility index (Phi) is 3.66. The van der Waals surface area contributed by atoms with Crippen LogP contribution in [0.1, 0.15) is 26.4 Å². The molecule has 2 heterocycles. The van der Waals surface area contributed by atoms with Crippen LogP contribution in [0.25, 0.3) is 11.1 Å². The van der Waals surface area contributed by atoms with Crippen molar-refractivity contribution in [2.45, 2.75) is 6.18 Å². The zero-order chi connectivity index (χ0) is 19.3. The molecule has 0 bridgehead atoms. The van der Waals surface area contributed by atoms with E-state index in [1.807, 2.05) is 0 Å². The van der Waals surface area contributed by atoms with E-state index in [2.05, 4.69) is 5.10 Å². The highest BCUT2D eigenvalue weighted by molar-refractivity contribution is 6.35. The van der Waals surface area contributed by atoms with E-state index in [-0.39, 0.29) is 28.1 Å². The zero-order valence-electron chi connectivity index (χ0n) is 14.0. The monoisotopic (exact) mass is 371 g/mol. The van der Waals surface area contributed by atoms with Crippen molar-refractivity contribution in [3.8, 4) is 11.1 Å². The summed E-state index contributed by atoms with van der Waals surface area (Å²) in [6, 6.07) is 13.9. The van der Waals surface area contributed by atoms with Gasteiger partial charge in [0.1, 0.15) is 5.82 Å². The molecule has 8 heteroatoms. The molecule has 3 aromatic rings. The number of alkyl halides is 3. The summed E-state index contributed by atoms with van der Waals surface area (Å²) in [7, 11) is 1.28. The van der Waals surface area contributed by atoms with Gasteiger partial charge in [-0.2, -0.15) is 18.3 Å². The molecule has 1 aliphatic heterocycles. The van der Waals surface area contributed by atoms with Gasteiger partial charge in [-0.25, -0.2) is 4.90 Å². The van der Waals surface area contributed by atoms with Crippen molar-refractivity contribution in [3.63, 3.8) is 0 Å². The number of halogens is 3. The molecule has 4 rings (SSSR count). The second-order valence-corrected chi connectivity index (χ2v) is 6.03. The van der Waals surface area contributed by atoms with Crippen molar-refractivity contribution in [3.05, 3.63) is 71.4 Å². The number of nitrogens with zero attached hydrogens (tertiary/aromatic N) is 3. The lowest BCUT2D eigenvalue weighted by molar-refractivity contribution is -0.140. The molecule has 27 heavy (non-hydrogen) atoms. The molecule has 0 radical (unpaired) electrons. The molecule has 5 nitrogen and oxygen atoms in total. The Labute approximate surface area is 151 Å². The minimum atomic E-state index is -4.75. The third-order valence-electron chi connectivity index (χ3n) is 4.35. The molecule has 0 fully saturated rings. The highest BCUT2D eigenvalue weighted by atomic mass is 19.4. The van der Waals surface area contributed by atoms with Gasteiger partial charge in [-0.05, 0) is 17.7 Å². The van der Waals surface area contributed by atoms with E-state index in [1.54, 1.807) is 30.3 Å². The largest absolute Gasteiger partial charge is 0.435 e. The van der Waals surface area contributed by atoms with E-state index in [4.69, 9.17) is 0 Å². The van der Waals surface area contributed by atoms with E-state index in [0.29, 0.717) is 0 Å². The number of carbonyl (C=O) groups is 2. The Balaban J connectivity index is 1.99. The number of aryl methyl sites for hydroxylation is 1. The standard InChI is InChI=1S/C19H12F3N3O2/c1-24-16(25-17(26)12-9-5-6-10-13(12)18(25)27)14(11-7-3-2-4-8-11)15(23-24)19(20,21)22/h2-10H,1H3. The van der Waals surface area contributed by atoms with Crippen molar-refractivity contribution in [1.29, 1.82) is 0 Å². The van der Waals surface area contributed by atoms with Crippen LogP contribution in [0.15, 0.2) is 54.6 Å². The molecule has 0 unspecified atom stereocenters. The van der Waals surface area contributed by atoms with Crippen molar-refractivity contribution in [1.82, 2.24) is 9.78 Å². The fraction of sp³-hybridized carbons (Fsp3) is 0.105. The molecule has 0 spiro atoms. The van der Waals surface area contributed by atoms with Crippen LogP contribution in [0.3, 0.4) is 0 Å². The van der Waals surface area contributed by atoms with Gasteiger partial charge in [-0.15, -0.1) is 0 Å². The highest BCUT2D eigenvalue weighted by Crippen LogP contribution is 2.43. The summed E-state index contributed by atoms with van der Waals surface area (Å²) in [6.07, 6.45) is -4.75. The average Bonchev–Trinajstić information content (AvgIpc) is 3.11. The van der Waals surface area contributed by atoms with Gasteiger partial charge in [0.15, 0.2) is 5.69 Å². The SMILES string of the molecule is Cn1nc(C(F)(F)F)c(-c2ccccc2)c1N1C(=O)c2ccccc2C1=O. The molecular weight excluding hydrogens is 359 g/mol. The van der Waals surface area contributed by atoms with Crippen LogP contribution in [-0.4, -0.2) is 21.6 Å². The molecule has 2 amide bonds. The number of aromatic nitrogens is 2. The number of hydrogen-bond acceptors (Lipinski definition) is 3. The van der Waals surface area contributed by atoms with Crippen molar-refractivity contribution >= 4 is 17.6 Å². The van der Waals surface area contributed by atoms with Gasteiger partial charge in [-0.1, -0.05) is 42.5 Å². The molecule has 0 saturated heterocycles. The molecule has 1 aromatic heterocycles. The lowest BCUT2D eigenvalue weighted by Crippen LogP contribution is -2.31. The van der Waals surface area contributed by atoms with Crippen LogP contribution < -0.4 is 4.90 Å². The summed E-state index contributed by atoms with van der Waals surface area (Å²) >= 11 is 0. The van der Waals surface area contributed by atoms with Crippen molar-refractivity contribution in [2.75, 3.05) is 4.90 Å². The fourth-order valence-electron chi connectivity index (χ4n) is 3.22. The van der Waals surface area contributed by atoms with Gasteiger partial charge >= 0.3 is 6.18 Å². The summed E-state index contributed by atoms with van der Waals surface area (Å²) in [5.74, 6) is -1.56. The molecule has 0 atom stereocenters. The summed E-state index contributed by atoms with van der Waals surface area (Å²) in [4.78, 5) is 26.3. The first-order chi connectivity index (χ1) is 12.8. The van der Waals surface area contributed by atoms with E-state index in [9.17, 15) is 22.8 Å².